The number of epoxide rings is 1. The predicted octanol–water partition coefficient (Wildman–Crippen LogP) is 1.51. The van der Waals surface area contributed by atoms with Gasteiger partial charge >= 0.3 is 0 Å². The first kappa shape index (κ1) is 7.77. The van der Waals surface area contributed by atoms with Gasteiger partial charge in [0.15, 0.2) is 0 Å². The van der Waals surface area contributed by atoms with Gasteiger partial charge in [-0.05, 0) is 12.5 Å². The monoisotopic (exact) mass is 164 g/mol. The first-order chi connectivity index (χ1) is 5.79. The zero-order chi connectivity index (χ0) is 8.55. The van der Waals surface area contributed by atoms with Gasteiger partial charge in [0.05, 0.1) is 6.10 Å². The van der Waals surface area contributed by atoms with Crippen molar-refractivity contribution in [3.05, 3.63) is 35.9 Å². The van der Waals surface area contributed by atoms with E-state index in [1.54, 1.807) is 6.92 Å². The van der Waals surface area contributed by atoms with Gasteiger partial charge in [0, 0.05) is 0 Å². The summed E-state index contributed by atoms with van der Waals surface area (Å²) in [5, 5.41) is 9.20. The molecule has 12 heavy (non-hydrogen) atoms. The van der Waals surface area contributed by atoms with Crippen molar-refractivity contribution in [2.24, 2.45) is 0 Å². The normalized spacial score (nSPS) is 29.8. The number of aliphatic hydroxyl groups is 1. The van der Waals surface area contributed by atoms with Gasteiger partial charge in [0.2, 0.25) is 0 Å². The van der Waals surface area contributed by atoms with Crippen LogP contribution in [0.25, 0.3) is 0 Å². The summed E-state index contributed by atoms with van der Waals surface area (Å²) in [7, 11) is 0. The van der Waals surface area contributed by atoms with Crippen LogP contribution in [0.1, 0.15) is 18.6 Å². The molecule has 1 aromatic rings. The van der Waals surface area contributed by atoms with Crippen molar-refractivity contribution in [2.75, 3.05) is 0 Å². The molecular weight excluding hydrogens is 152 g/mol. The van der Waals surface area contributed by atoms with Crippen molar-refractivity contribution < 1.29 is 9.84 Å². The van der Waals surface area contributed by atoms with E-state index < -0.39 is 0 Å². The van der Waals surface area contributed by atoms with Crippen molar-refractivity contribution in [3.8, 4) is 0 Å². The molecule has 0 aromatic heterocycles. The molecule has 0 bridgehead atoms. The molecule has 1 aliphatic rings. The molecule has 1 saturated heterocycles. The number of hydrogen-bond acceptors (Lipinski definition) is 2. The van der Waals surface area contributed by atoms with Crippen LogP contribution in [0.4, 0.5) is 0 Å². The second-order valence-corrected chi connectivity index (χ2v) is 3.17. The maximum Gasteiger partial charge on any atom is 0.114 e. The molecule has 0 amide bonds. The summed E-state index contributed by atoms with van der Waals surface area (Å²) in [6, 6.07) is 9.98. The van der Waals surface area contributed by atoms with Gasteiger partial charge in [0.1, 0.15) is 12.2 Å². The van der Waals surface area contributed by atoms with Gasteiger partial charge in [-0.2, -0.15) is 0 Å². The Morgan fingerprint density at radius 3 is 2.50 bits per heavy atom. The number of ether oxygens (including phenoxy) is 1. The minimum Gasteiger partial charge on any atom is -0.391 e. The van der Waals surface area contributed by atoms with Crippen LogP contribution in [-0.2, 0) is 4.74 Å². The summed E-state index contributed by atoms with van der Waals surface area (Å²) in [6.45, 7) is 1.76. The summed E-state index contributed by atoms with van der Waals surface area (Å²) < 4.78 is 5.31. The smallest absolute Gasteiger partial charge is 0.114 e. The van der Waals surface area contributed by atoms with E-state index in [4.69, 9.17) is 4.74 Å². The zero-order valence-corrected chi connectivity index (χ0v) is 6.97. The Balaban J connectivity index is 2.06. The Bertz CT molecular complexity index is 256. The van der Waals surface area contributed by atoms with Crippen LogP contribution in [0.2, 0.25) is 0 Å². The highest BCUT2D eigenvalue weighted by atomic mass is 16.6. The molecule has 1 N–H and O–H groups in total. The number of benzene rings is 1. The van der Waals surface area contributed by atoms with Crippen molar-refractivity contribution in [1.82, 2.24) is 0 Å². The molecule has 2 nitrogen and oxygen atoms in total. The lowest BCUT2D eigenvalue weighted by atomic mass is 10.1. The second kappa shape index (κ2) is 2.88. The van der Waals surface area contributed by atoms with E-state index in [-0.39, 0.29) is 18.3 Å². The Morgan fingerprint density at radius 1 is 1.33 bits per heavy atom. The van der Waals surface area contributed by atoms with Crippen LogP contribution >= 0.6 is 0 Å². The second-order valence-electron chi connectivity index (χ2n) is 3.17. The van der Waals surface area contributed by atoms with Crippen molar-refractivity contribution in [3.63, 3.8) is 0 Å². The molecule has 0 spiro atoms. The first-order valence-electron chi connectivity index (χ1n) is 4.17. The highest BCUT2D eigenvalue weighted by Crippen LogP contribution is 2.40. The molecule has 2 heteroatoms. The van der Waals surface area contributed by atoms with E-state index in [2.05, 4.69) is 0 Å². The van der Waals surface area contributed by atoms with Gasteiger partial charge < -0.3 is 9.84 Å². The quantitative estimate of drug-likeness (QED) is 0.672. The fourth-order valence-corrected chi connectivity index (χ4v) is 1.40. The Hall–Kier alpha value is -0.860. The standard InChI is InChI=1S/C10H12O2/c1-7(11)9-10(12-9)8-5-3-2-4-6-8/h2-7,9-11H,1H3/t7-,9+,10+/m0/s1. The summed E-state index contributed by atoms with van der Waals surface area (Å²) >= 11 is 0. The lowest BCUT2D eigenvalue weighted by molar-refractivity contribution is 0.152. The summed E-state index contributed by atoms with van der Waals surface area (Å²) in [5.41, 5.74) is 1.16. The summed E-state index contributed by atoms with van der Waals surface area (Å²) in [6.07, 6.45) is -0.242. The van der Waals surface area contributed by atoms with Gasteiger partial charge in [-0.1, -0.05) is 30.3 Å². The molecule has 0 unspecified atom stereocenters. The fraction of sp³-hybridized carbons (Fsp3) is 0.400. The molecule has 1 aliphatic heterocycles. The molecule has 1 aromatic carbocycles. The first-order valence-corrected chi connectivity index (χ1v) is 4.17. The average Bonchev–Trinajstić information content (AvgIpc) is 2.84. The molecule has 0 radical (unpaired) electrons. The minimum absolute atomic E-state index is 0.00685. The van der Waals surface area contributed by atoms with Gasteiger partial charge in [-0.3, -0.25) is 0 Å². The van der Waals surface area contributed by atoms with E-state index in [0.29, 0.717) is 0 Å². The van der Waals surface area contributed by atoms with E-state index >= 15 is 0 Å². The minimum atomic E-state index is -0.366. The summed E-state index contributed by atoms with van der Waals surface area (Å²) in [5.74, 6) is 0. The third-order valence-electron chi connectivity index (χ3n) is 2.13. The van der Waals surface area contributed by atoms with Crippen LogP contribution < -0.4 is 0 Å². The third-order valence-corrected chi connectivity index (χ3v) is 2.13. The molecule has 1 fully saturated rings. The highest BCUT2D eigenvalue weighted by Gasteiger charge is 2.43. The van der Waals surface area contributed by atoms with Crippen molar-refractivity contribution >= 4 is 0 Å². The third kappa shape index (κ3) is 1.36. The molecule has 0 saturated carbocycles. The SMILES string of the molecule is C[C@H](O)[C@H]1O[C@@H]1c1ccccc1. The molecule has 64 valence electrons. The summed E-state index contributed by atoms with van der Waals surface area (Å²) in [4.78, 5) is 0. The predicted molar refractivity (Wildman–Crippen MR) is 45.7 cm³/mol. The van der Waals surface area contributed by atoms with Crippen LogP contribution in [0, 0.1) is 0 Å². The fourth-order valence-electron chi connectivity index (χ4n) is 1.40. The van der Waals surface area contributed by atoms with E-state index in [9.17, 15) is 5.11 Å². The van der Waals surface area contributed by atoms with Crippen LogP contribution in [-0.4, -0.2) is 17.3 Å². The van der Waals surface area contributed by atoms with Gasteiger partial charge in [0.25, 0.3) is 0 Å². The maximum atomic E-state index is 9.20. The van der Waals surface area contributed by atoms with Crippen LogP contribution in [0.3, 0.4) is 0 Å². The van der Waals surface area contributed by atoms with E-state index in [1.165, 1.54) is 0 Å². The van der Waals surface area contributed by atoms with Gasteiger partial charge in [-0.15, -0.1) is 0 Å². The Kier molecular flexibility index (Phi) is 1.87. The lowest BCUT2D eigenvalue weighted by Crippen LogP contribution is -2.09. The van der Waals surface area contributed by atoms with Crippen molar-refractivity contribution in [1.29, 1.82) is 0 Å². The molecular formula is C10H12O2. The maximum absolute atomic E-state index is 9.20. The van der Waals surface area contributed by atoms with Crippen LogP contribution in [0.15, 0.2) is 30.3 Å². The van der Waals surface area contributed by atoms with Crippen molar-refractivity contribution in [2.45, 2.75) is 25.2 Å². The van der Waals surface area contributed by atoms with E-state index in [1.807, 2.05) is 30.3 Å². The Morgan fingerprint density at radius 2 is 2.00 bits per heavy atom. The van der Waals surface area contributed by atoms with E-state index in [0.717, 1.165) is 5.56 Å². The molecule has 1 heterocycles. The number of hydrogen-bond donors (Lipinski definition) is 1. The molecule has 3 atom stereocenters. The number of rotatable bonds is 2. The number of aliphatic hydroxyl groups excluding tert-OH is 1. The average molecular weight is 164 g/mol. The Labute approximate surface area is 71.8 Å². The largest absolute Gasteiger partial charge is 0.391 e. The lowest BCUT2D eigenvalue weighted by Gasteiger charge is -1.97. The topological polar surface area (TPSA) is 32.8 Å². The van der Waals surface area contributed by atoms with Gasteiger partial charge in [-0.25, -0.2) is 0 Å². The molecule has 0 aliphatic carbocycles. The molecule has 2 rings (SSSR count). The van der Waals surface area contributed by atoms with Crippen LogP contribution in [0.5, 0.6) is 0 Å². The highest BCUT2D eigenvalue weighted by molar-refractivity contribution is 5.22. The zero-order valence-electron chi connectivity index (χ0n) is 6.97.